The predicted octanol–water partition coefficient (Wildman–Crippen LogP) is 3.28. The molecule has 2 fully saturated rings. The Morgan fingerprint density at radius 1 is 1.17 bits per heavy atom. The summed E-state index contributed by atoms with van der Waals surface area (Å²) in [5.74, 6) is -0.684. The quantitative estimate of drug-likeness (QED) is 0.836. The maximum absolute atomic E-state index is 11.4. The van der Waals surface area contributed by atoms with Crippen molar-refractivity contribution in [3.63, 3.8) is 0 Å². The Balaban J connectivity index is 2.07. The molecule has 2 aliphatic rings. The van der Waals surface area contributed by atoms with Gasteiger partial charge in [-0.25, -0.2) is 0 Å². The fourth-order valence-corrected chi connectivity index (χ4v) is 3.90. The molecule has 18 heavy (non-hydrogen) atoms. The van der Waals surface area contributed by atoms with Gasteiger partial charge in [-0.15, -0.1) is 0 Å². The molecule has 1 aliphatic carbocycles. The van der Waals surface area contributed by atoms with Gasteiger partial charge in [-0.1, -0.05) is 32.6 Å². The number of hydrogen-bond donors (Lipinski definition) is 1. The molecule has 0 amide bonds. The first-order valence-electron chi connectivity index (χ1n) is 7.72. The van der Waals surface area contributed by atoms with E-state index in [1.165, 1.54) is 38.5 Å². The fraction of sp³-hybridized carbons (Fsp3) is 0.933. The molecule has 1 N–H and O–H groups in total. The SMILES string of the molecule is CCCC1CCCCN1C1CCCCC1C(=O)O. The van der Waals surface area contributed by atoms with Crippen molar-refractivity contribution in [2.24, 2.45) is 5.92 Å². The van der Waals surface area contributed by atoms with Crippen LogP contribution in [0.2, 0.25) is 0 Å². The molecule has 0 bridgehead atoms. The Kier molecular flexibility index (Phi) is 5.04. The Hall–Kier alpha value is -0.570. The maximum atomic E-state index is 11.4. The second-order valence-electron chi connectivity index (χ2n) is 5.97. The highest BCUT2D eigenvalue weighted by Crippen LogP contribution is 2.33. The lowest BCUT2D eigenvalue weighted by molar-refractivity contribution is -0.146. The van der Waals surface area contributed by atoms with Crippen LogP contribution >= 0.6 is 0 Å². The molecule has 104 valence electrons. The Morgan fingerprint density at radius 3 is 2.61 bits per heavy atom. The predicted molar refractivity (Wildman–Crippen MR) is 72.6 cm³/mol. The molecular formula is C15H27NO2. The monoisotopic (exact) mass is 253 g/mol. The number of hydrogen-bond acceptors (Lipinski definition) is 2. The number of piperidine rings is 1. The smallest absolute Gasteiger partial charge is 0.308 e. The Bertz CT molecular complexity index is 278. The lowest BCUT2D eigenvalue weighted by Gasteiger charge is -2.45. The van der Waals surface area contributed by atoms with Crippen LogP contribution in [0.5, 0.6) is 0 Å². The molecule has 0 radical (unpaired) electrons. The summed E-state index contributed by atoms with van der Waals surface area (Å²) in [5, 5.41) is 9.43. The van der Waals surface area contributed by atoms with E-state index in [1.54, 1.807) is 0 Å². The van der Waals surface area contributed by atoms with E-state index in [2.05, 4.69) is 11.8 Å². The summed E-state index contributed by atoms with van der Waals surface area (Å²) < 4.78 is 0. The van der Waals surface area contributed by atoms with Crippen molar-refractivity contribution in [2.75, 3.05) is 6.54 Å². The summed E-state index contributed by atoms with van der Waals surface area (Å²) in [6, 6.07) is 0.960. The molecule has 1 saturated carbocycles. The van der Waals surface area contributed by atoms with E-state index >= 15 is 0 Å². The molecule has 0 aromatic heterocycles. The number of nitrogens with zero attached hydrogens (tertiary/aromatic N) is 1. The van der Waals surface area contributed by atoms with Crippen molar-refractivity contribution in [1.82, 2.24) is 4.90 Å². The van der Waals surface area contributed by atoms with E-state index in [9.17, 15) is 9.90 Å². The third-order valence-corrected chi connectivity index (χ3v) is 4.77. The van der Waals surface area contributed by atoms with Crippen molar-refractivity contribution in [1.29, 1.82) is 0 Å². The van der Waals surface area contributed by atoms with Crippen LogP contribution in [0.25, 0.3) is 0 Å². The van der Waals surface area contributed by atoms with Crippen LogP contribution in [0.3, 0.4) is 0 Å². The van der Waals surface area contributed by atoms with E-state index < -0.39 is 5.97 Å². The zero-order valence-corrected chi connectivity index (χ0v) is 11.6. The van der Waals surface area contributed by atoms with Gasteiger partial charge in [0.2, 0.25) is 0 Å². The van der Waals surface area contributed by atoms with Crippen LogP contribution in [0.1, 0.15) is 64.7 Å². The molecule has 3 heteroatoms. The highest BCUT2D eigenvalue weighted by molar-refractivity contribution is 5.71. The van der Waals surface area contributed by atoms with Crippen molar-refractivity contribution in [3.05, 3.63) is 0 Å². The van der Waals surface area contributed by atoms with E-state index in [0.29, 0.717) is 12.1 Å². The number of carbonyl (C=O) groups is 1. The fourth-order valence-electron chi connectivity index (χ4n) is 3.90. The molecule has 0 aromatic carbocycles. The first kappa shape index (κ1) is 13.9. The summed E-state index contributed by atoms with van der Waals surface area (Å²) in [7, 11) is 0. The minimum absolute atomic E-state index is 0.115. The molecule has 1 saturated heterocycles. The van der Waals surface area contributed by atoms with Crippen molar-refractivity contribution < 1.29 is 9.90 Å². The molecule has 1 heterocycles. The third-order valence-electron chi connectivity index (χ3n) is 4.77. The van der Waals surface area contributed by atoms with Gasteiger partial charge < -0.3 is 5.11 Å². The summed E-state index contributed by atoms with van der Waals surface area (Å²) >= 11 is 0. The molecule has 2 rings (SSSR count). The van der Waals surface area contributed by atoms with Gasteiger partial charge in [0, 0.05) is 12.1 Å². The minimum atomic E-state index is -0.569. The van der Waals surface area contributed by atoms with Gasteiger partial charge in [-0.05, 0) is 38.6 Å². The van der Waals surface area contributed by atoms with Crippen LogP contribution < -0.4 is 0 Å². The van der Waals surface area contributed by atoms with Crippen LogP contribution in [0.15, 0.2) is 0 Å². The second-order valence-corrected chi connectivity index (χ2v) is 5.97. The Labute approximate surface area is 111 Å². The first-order valence-corrected chi connectivity index (χ1v) is 7.72. The number of aliphatic carboxylic acids is 1. The maximum Gasteiger partial charge on any atom is 0.308 e. The first-order chi connectivity index (χ1) is 8.74. The average Bonchev–Trinajstić information content (AvgIpc) is 2.40. The van der Waals surface area contributed by atoms with Gasteiger partial charge >= 0.3 is 5.97 Å². The normalized spacial score (nSPS) is 34.4. The number of carboxylic acid groups (broad SMARTS) is 1. The van der Waals surface area contributed by atoms with Crippen molar-refractivity contribution >= 4 is 5.97 Å². The molecule has 0 aromatic rings. The van der Waals surface area contributed by atoms with Gasteiger partial charge in [-0.2, -0.15) is 0 Å². The number of rotatable bonds is 4. The summed E-state index contributed by atoms with van der Waals surface area (Å²) in [5.41, 5.74) is 0. The van der Waals surface area contributed by atoms with Crippen LogP contribution in [0.4, 0.5) is 0 Å². The highest BCUT2D eigenvalue weighted by atomic mass is 16.4. The molecule has 0 spiro atoms. The zero-order chi connectivity index (χ0) is 13.0. The molecule has 1 aliphatic heterocycles. The molecule has 3 atom stereocenters. The lowest BCUT2D eigenvalue weighted by atomic mass is 9.81. The Morgan fingerprint density at radius 2 is 1.89 bits per heavy atom. The zero-order valence-electron chi connectivity index (χ0n) is 11.6. The standard InChI is InChI=1S/C15H27NO2/c1-2-7-12-8-5-6-11-16(12)14-10-4-3-9-13(14)15(17)18/h12-14H,2-11H2,1H3,(H,17,18). The third kappa shape index (κ3) is 3.05. The highest BCUT2D eigenvalue weighted by Gasteiger charge is 2.38. The van der Waals surface area contributed by atoms with Crippen molar-refractivity contribution in [3.8, 4) is 0 Å². The van der Waals surface area contributed by atoms with Gasteiger partial charge in [0.05, 0.1) is 5.92 Å². The van der Waals surface area contributed by atoms with Gasteiger partial charge in [0.1, 0.15) is 0 Å². The van der Waals surface area contributed by atoms with E-state index in [0.717, 1.165) is 25.8 Å². The van der Waals surface area contributed by atoms with Gasteiger partial charge in [-0.3, -0.25) is 9.69 Å². The average molecular weight is 253 g/mol. The van der Waals surface area contributed by atoms with Crippen molar-refractivity contribution in [2.45, 2.75) is 76.8 Å². The summed E-state index contributed by atoms with van der Waals surface area (Å²) in [6.07, 6.45) is 10.6. The van der Waals surface area contributed by atoms with Gasteiger partial charge in [0.15, 0.2) is 0 Å². The van der Waals surface area contributed by atoms with Gasteiger partial charge in [0.25, 0.3) is 0 Å². The minimum Gasteiger partial charge on any atom is -0.481 e. The van der Waals surface area contributed by atoms with Crippen LogP contribution in [-0.4, -0.2) is 34.6 Å². The van der Waals surface area contributed by atoms with E-state index in [-0.39, 0.29) is 5.92 Å². The second kappa shape index (κ2) is 6.55. The van der Waals surface area contributed by atoms with Crippen LogP contribution in [0, 0.1) is 5.92 Å². The summed E-state index contributed by atoms with van der Waals surface area (Å²) in [6.45, 7) is 3.36. The lowest BCUT2D eigenvalue weighted by Crippen LogP contribution is -2.52. The van der Waals surface area contributed by atoms with E-state index in [1.807, 2.05) is 0 Å². The molecule has 3 nitrogen and oxygen atoms in total. The largest absolute Gasteiger partial charge is 0.481 e. The molecular weight excluding hydrogens is 226 g/mol. The topological polar surface area (TPSA) is 40.5 Å². The molecule has 3 unspecified atom stereocenters. The number of likely N-dealkylation sites (tertiary alicyclic amines) is 1. The van der Waals surface area contributed by atoms with Crippen LogP contribution in [-0.2, 0) is 4.79 Å². The summed E-state index contributed by atoms with van der Waals surface area (Å²) in [4.78, 5) is 14.0. The van der Waals surface area contributed by atoms with E-state index in [4.69, 9.17) is 0 Å². The number of carboxylic acids is 1.